The molecule has 21 heavy (non-hydrogen) atoms. The normalized spacial score (nSPS) is 24.5. The van der Waals surface area contributed by atoms with E-state index in [2.05, 4.69) is 52.8 Å². The van der Waals surface area contributed by atoms with E-state index in [1.54, 1.807) is 0 Å². The Morgan fingerprint density at radius 3 is 2.67 bits per heavy atom. The number of pyridine rings is 1. The van der Waals surface area contributed by atoms with Crippen LogP contribution in [0.2, 0.25) is 0 Å². The van der Waals surface area contributed by atoms with Gasteiger partial charge in [0.1, 0.15) is 0 Å². The van der Waals surface area contributed by atoms with Crippen molar-refractivity contribution in [2.45, 2.75) is 12.8 Å². The van der Waals surface area contributed by atoms with Crippen molar-refractivity contribution in [2.75, 3.05) is 13.1 Å². The van der Waals surface area contributed by atoms with Gasteiger partial charge >= 0.3 is 0 Å². The van der Waals surface area contributed by atoms with E-state index in [0.29, 0.717) is 5.92 Å². The van der Waals surface area contributed by atoms with E-state index >= 15 is 0 Å². The van der Waals surface area contributed by atoms with Crippen LogP contribution in [0.4, 0.5) is 0 Å². The number of piperidine rings is 1. The smallest absolute Gasteiger partial charge is 0.0346 e. The SMILES string of the molecule is C1=C(c2cncc(-c3ccccc3)c2)C[C@H]2CNC[C@@H]1C2. The average Bonchev–Trinajstić information content (AvgIpc) is 2.55. The van der Waals surface area contributed by atoms with Crippen LogP contribution in [0, 0.1) is 11.8 Å². The first kappa shape index (κ1) is 12.8. The van der Waals surface area contributed by atoms with Crippen molar-refractivity contribution >= 4 is 5.57 Å². The molecule has 0 spiro atoms. The van der Waals surface area contributed by atoms with Crippen molar-refractivity contribution in [1.29, 1.82) is 0 Å². The Balaban J connectivity index is 1.68. The van der Waals surface area contributed by atoms with Crippen LogP contribution in [0.15, 0.2) is 54.9 Å². The Hall–Kier alpha value is -1.93. The summed E-state index contributed by atoms with van der Waals surface area (Å²) >= 11 is 0. The van der Waals surface area contributed by atoms with Crippen molar-refractivity contribution in [3.05, 3.63) is 60.4 Å². The summed E-state index contributed by atoms with van der Waals surface area (Å²) in [6.07, 6.45) is 8.98. The maximum Gasteiger partial charge on any atom is 0.0346 e. The number of benzene rings is 1. The molecular formula is C19H20N2. The fourth-order valence-electron chi connectivity index (χ4n) is 3.63. The molecule has 0 unspecified atom stereocenters. The Bertz CT molecular complexity index is 660. The van der Waals surface area contributed by atoms with Gasteiger partial charge < -0.3 is 5.32 Å². The molecule has 1 aromatic heterocycles. The van der Waals surface area contributed by atoms with Crippen molar-refractivity contribution in [2.24, 2.45) is 11.8 Å². The number of allylic oxidation sites excluding steroid dienone is 1. The fraction of sp³-hybridized carbons (Fsp3) is 0.316. The van der Waals surface area contributed by atoms with Gasteiger partial charge in [-0.15, -0.1) is 0 Å². The molecule has 0 radical (unpaired) electrons. The summed E-state index contributed by atoms with van der Waals surface area (Å²) in [6, 6.07) is 12.8. The van der Waals surface area contributed by atoms with Crippen molar-refractivity contribution in [3.63, 3.8) is 0 Å². The van der Waals surface area contributed by atoms with Crippen LogP contribution < -0.4 is 5.32 Å². The van der Waals surface area contributed by atoms with Crippen molar-refractivity contribution in [3.8, 4) is 11.1 Å². The van der Waals surface area contributed by atoms with Gasteiger partial charge in [0.25, 0.3) is 0 Å². The number of aromatic nitrogens is 1. The monoisotopic (exact) mass is 276 g/mol. The van der Waals surface area contributed by atoms with E-state index in [0.717, 1.165) is 12.5 Å². The molecule has 2 aromatic rings. The van der Waals surface area contributed by atoms with E-state index in [1.807, 2.05) is 12.4 Å². The van der Waals surface area contributed by atoms with E-state index < -0.39 is 0 Å². The molecule has 0 amide bonds. The summed E-state index contributed by atoms with van der Waals surface area (Å²) in [7, 11) is 0. The van der Waals surface area contributed by atoms with Crippen molar-refractivity contribution < 1.29 is 0 Å². The predicted octanol–water partition coefficient (Wildman–Crippen LogP) is 3.76. The number of hydrogen-bond donors (Lipinski definition) is 1. The number of rotatable bonds is 2. The first-order valence-electron chi connectivity index (χ1n) is 7.81. The quantitative estimate of drug-likeness (QED) is 0.903. The molecule has 1 aromatic carbocycles. The van der Waals surface area contributed by atoms with Gasteiger partial charge in [0.05, 0.1) is 0 Å². The highest BCUT2D eigenvalue weighted by Gasteiger charge is 2.26. The van der Waals surface area contributed by atoms with Crippen LogP contribution in [-0.2, 0) is 0 Å². The lowest BCUT2D eigenvalue weighted by atomic mass is 9.78. The lowest BCUT2D eigenvalue weighted by Crippen LogP contribution is -2.37. The summed E-state index contributed by atoms with van der Waals surface area (Å²) < 4.78 is 0. The zero-order valence-electron chi connectivity index (χ0n) is 12.1. The first-order chi connectivity index (χ1) is 10.4. The Morgan fingerprint density at radius 1 is 0.952 bits per heavy atom. The molecule has 106 valence electrons. The van der Waals surface area contributed by atoms with Gasteiger partial charge in [-0.3, -0.25) is 4.98 Å². The molecule has 2 atom stereocenters. The minimum absolute atomic E-state index is 0.702. The Kier molecular flexibility index (Phi) is 3.32. The highest BCUT2D eigenvalue weighted by atomic mass is 14.9. The van der Waals surface area contributed by atoms with E-state index in [9.17, 15) is 0 Å². The molecule has 2 heteroatoms. The standard InChI is InChI=1S/C19H20N2/c1-2-4-16(5-3-1)18-9-19(13-21-12-18)17-7-14-6-15(8-17)11-20-10-14/h1-5,7,9,12-15,20H,6,8,10-11H2/t14-,15+/m1/s1. The van der Waals surface area contributed by atoms with Gasteiger partial charge in [-0.2, -0.15) is 0 Å². The van der Waals surface area contributed by atoms with Gasteiger partial charge in [-0.25, -0.2) is 0 Å². The lowest BCUT2D eigenvalue weighted by Gasteiger charge is -2.34. The second-order valence-corrected chi connectivity index (χ2v) is 6.24. The molecule has 2 nitrogen and oxygen atoms in total. The molecule has 4 rings (SSSR count). The second-order valence-electron chi connectivity index (χ2n) is 6.24. The average molecular weight is 276 g/mol. The largest absolute Gasteiger partial charge is 0.316 e. The summed E-state index contributed by atoms with van der Waals surface area (Å²) in [5.41, 5.74) is 5.24. The molecular weight excluding hydrogens is 256 g/mol. The van der Waals surface area contributed by atoms with Gasteiger partial charge in [0, 0.05) is 24.5 Å². The molecule has 1 fully saturated rings. The molecule has 1 N–H and O–H groups in total. The van der Waals surface area contributed by atoms with Gasteiger partial charge in [-0.1, -0.05) is 36.4 Å². The van der Waals surface area contributed by atoms with Gasteiger partial charge in [0.2, 0.25) is 0 Å². The predicted molar refractivity (Wildman–Crippen MR) is 86.7 cm³/mol. The molecule has 1 saturated heterocycles. The maximum atomic E-state index is 4.47. The van der Waals surface area contributed by atoms with Crippen LogP contribution in [0.1, 0.15) is 18.4 Å². The summed E-state index contributed by atoms with van der Waals surface area (Å²) in [5.74, 6) is 1.50. The van der Waals surface area contributed by atoms with E-state index in [-0.39, 0.29) is 0 Å². The molecule has 2 aliphatic rings. The summed E-state index contributed by atoms with van der Waals surface area (Å²) in [4.78, 5) is 4.47. The molecule has 2 bridgehead atoms. The highest BCUT2D eigenvalue weighted by Crippen LogP contribution is 2.36. The van der Waals surface area contributed by atoms with Crippen LogP contribution in [0.3, 0.4) is 0 Å². The third kappa shape index (κ3) is 2.64. The Morgan fingerprint density at radius 2 is 1.81 bits per heavy atom. The first-order valence-corrected chi connectivity index (χ1v) is 7.81. The van der Waals surface area contributed by atoms with Crippen LogP contribution in [0.25, 0.3) is 16.7 Å². The van der Waals surface area contributed by atoms with E-state index in [4.69, 9.17) is 0 Å². The zero-order chi connectivity index (χ0) is 14.1. The summed E-state index contributed by atoms with van der Waals surface area (Å²) in [6.45, 7) is 2.30. The minimum atomic E-state index is 0.702. The Labute approximate surface area is 125 Å². The maximum absolute atomic E-state index is 4.47. The number of nitrogens with zero attached hydrogens (tertiary/aromatic N) is 1. The third-order valence-corrected chi connectivity index (χ3v) is 4.64. The fourth-order valence-corrected chi connectivity index (χ4v) is 3.63. The molecule has 1 aliphatic carbocycles. The molecule has 1 aliphatic heterocycles. The second kappa shape index (κ2) is 5.45. The van der Waals surface area contributed by atoms with Crippen LogP contribution in [-0.4, -0.2) is 18.1 Å². The molecule has 2 heterocycles. The van der Waals surface area contributed by atoms with Crippen LogP contribution >= 0.6 is 0 Å². The van der Waals surface area contributed by atoms with Crippen LogP contribution in [0.5, 0.6) is 0 Å². The van der Waals surface area contributed by atoms with Gasteiger partial charge in [-0.05, 0) is 54.0 Å². The summed E-state index contributed by atoms with van der Waals surface area (Å²) in [5, 5.41) is 3.54. The minimum Gasteiger partial charge on any atom is -0.316 e. The number of fused-ring (bicyclic) bond motifs is 2. The number of hydrogen-bond acceptors (Lipinski definition) is 2. The lowest BCUT2D eigenvalue weighted by molar-refractivity contribution is 0.317. The zero-order valence-corrected chi connectivity index (χ0v) is 12.1. The van der Waals surface area contributed by atoms with Gasteiger partial charge in [0.15, 0.2) is 0 Å². The highest BCUT2D eigenvalue weighted by molar-refractivity contribution is 5.72. The third-order valence-electron chi connectivity index (χ3n) is 4.64. The van der Waals surface area contributed by atoms with E-state index in [1.165, 1.54) is 41.6 Å². The molecule has 0 saturated carbocycles. The van der Waals surface area contributed by atoms with Crippen molar-refractivity contribution in [1.82, 2.24) is 10.3 Å². The topological polar surface area (TPSA) is 24.9 Å². The number of nitrogens with one attached hydrogen (secondary N) is 1.